The molecule has 0 saturated carbocycles. The summed E-state index contributed by atoms with van der Waals surface area (Å²) >= 11 is 0. The maximum Gasteiger partial charge on any atom is 0.305 e. The van der Waals surface area contributed by atoms with E-state index < -0.39 is 5.97 Å². The Morgan fingerprint density at radius 1 is 1.32 bits per heavy atom. The average Bonchev–Trinajstić information content (AvgIpc) is 2.84. The number of amides is 1. The quantitative estimate of drug-likeness (QED) is 0.845. The first-order chi connectivity index (χ1) is 9.16. The molecule has 1 aromatic carbocycles. The molecule has 0 radical (unpaired) electrons. The Morgan fingerprint density at radius 2 is 2.05 bits per heavy atom. The summed E-state index contributed by atoms with van der Waals surface area (Å²) < 4.78 is 0. The Hall–Kier alpha value is -2.04. The normalized spacial score (nSPS) is 18.3. The van der Waals surface area contributed by atoms with Crippen molar-refractivity contribution < 1.29 is 14.7 Å². The van der Waals surface area contributed by atoms with Gasteiger partial charge >= 0.3 is 5.97 Å². The van der Waals surface area contributed by atoms with Gasteiger partial charge in [0.25, 0.3) is 0 Å². The van der Waals surface area contributed by atoms with E-state index in [1.54, 1.807) is 4.90 Å². The van der Waals surface area contributed by atoms with Crippen LogP contribution in [-0.4, -0.2) is 41.0 Å². The number of benzene rings is 1. The van der Waals surface area contributed by atoms with Crippen molar-refractivity contribution in [3.05, 3.63) is 30.3 Å². The van der Waals surface area contributed by atoms with Crippen LogP contribution in [0.4, 0.5) is 5.69 Å². The maximum atomic E-state index is 12.1. The largest absolute Gasteiger partial charge is 0.481 e. The molecule has 102 valence electrons. The minimum Gasteiger partial charge on any atom is -0.481 e. The molecule has 5 heteroatoms. The molecular formula is C14H18N2O3. The van der Waals surface area contributed by atoms with Gasteiger partial charge in [0.1, 0.15) is 0 Å². The molecule has 1 aliphatic heterocycles. The number of aliphatic carboxylic acids is 1. The van der Waals surface area contributed by atoms with Crippen molar-refractivity contribution in [3.63, 3.8) is 0 Å². The van der Waals surface area contributed by atoms with Crippen molar-refractivity contribution in [2.45, 2.75) is 25.3 Å². The van der Waals surface area contributed by atoms with Gasteiger partial charge in [-0.2, -0.15) is 0 Å². The van der Waals surface area contributed by atoms with Gasteiger partial charge < -0.3 is 15.3 Å². The fourth-order valence-electron chi connectivity index (χ4n) is 2.41. The van der Waals surface area contributed by atoms with Gasteiger partial charge in [0, 0.05) is 18.3 Å². The second kappa shape index (κ2) is 6.22. The number of carbonyl (C=O) groups excluding carboxylic acids is 1. The Kier molecular flexibility index (Phi) is 4.39. The third-order valence-electron chi connectivity index (χ3n) is 3.33. The lowest BCUT2D eigenvalue weighted by atomic mass is 10.1. The number of carboxylic acids is 1. The number of nitrogens with zero attached hydrogens (tertiary/aromatic N) is 1. The van der Waals surface area contributed by atoms with Crippen LogP contribution in [0, 0.1) is 0 Å². The van der Waals surface area contributed by atoms with Gasteiger partial charge in [-0.15, -0.1) is 0 Å². The van der Waals surface area contributed by atoms with Gasteiger partial charge in [-0.3, -0.25) is 9.59 Å². The third-order valence-corrected chi connectivity index (χ3v) is 3.33. The summed E-state index contributed by atoms with van der Waals surface area (Å²) in [5, 5.41) is 11.9. The molecule has 1 heterocycles. The molecule has 0 aromatic heterocycles. The van der Waals surface area contributed by atoms with Crippen LogP contribution in [-0.2, 0) is 9.59 Å². The molecule has 0 aliphatic carbocycles. The molecule has 2 rings (SSSR count). The maximum absolute atomic E-state index is 12.1. The zero-order valence-electron chi connectivity index (χ0n) is 10.7. The lowest BCUT2D eigenvalue weighted by Crippen LogP contribution is -2.40. The lowest BCUT2D eigenvalue weighted by molar-refractivity contribution is -0.139. The molecule has 1 atom stereocenters. The second-order valence-electron chi connectivity index (χ2n) is 4.70. The van der Waals surface area contributed by atoms with Crippen molar-refractivity contribution in [3.8, 4) is 0 Å². The summed E-state index contributed by atoms with van der Waals surface area (Å²) in [6, 6.07) is 9.35. The first kappa shape index (κ1) is 13.4. The molecule has 5 nitrogen and oxygen atoms in total. The zero-order valence-corrected chi connectivity index (χ0v) is 10.7. The van der Waals surface area contributed by atoms with Gasteiger partial charge in [-0.05, 0) is 25.0 Å². The van der Waals surface area contributed by atoms with Crippen LogP contribution in [0.1, 0.15) is 19.3 Å². The first-order valence-corrected chi connectivity index (χ1v) is 6.47. The van der Waals surface area contributed by atoms with Crippen LogP contribution in [0.3, 0.4) is 0 Å². The fourth-order valence-corrected chi connectivity index (χ4v) is 2.41. The van der Waals surface area contributed by atoms with Crippen LogP contribution in [0.25, 0.3) is 0 Å². The molecule has 1 fully saturated rings. The van der Waals surface area contributed by atoms with E-state index in [1.807, 2.05) is 30.3 Å². The van der Waals surface area contributed by atoms with Crippen LogP contribution < -0.4 is 5.32 Å². The molecule has 2 N–H and O–H groups in total. The highest BCUT2D eigenvalue weighted by Crippen LogP contribution is 2.20. The number of rotatable bonds is 5. The predicted molar refractivity (Wildman–Crippen MR) is 71.9 cm³/mol. The van der Waals surface area contributed by atoms with E-state index in [0.29, 0.717) is 6.54 Å². The monoisotopic (exact) mass is 262 g/mol. The third kappa shape index (κ3) is 3.71. The highest BCUT2D eigenvalue weighted by Gasteiger charge is 2.29. The van der Waals surface area contributed by atoms with Crippen molar-refractivity contribution in [1.82, 2.24) is 4.90 Å². The molecule has 1 saturated heterocycles. The Labute approximate surface area is 112 Å². The summed E-state index contributed by atoms with van der Waals surface area (Å²) in [7, 11) is 0. The molecule has 0 spiro atoms. The lowest BCUT2D eigenvalue weighted by Gasteiger charge is -2.23. The number of hydrogen-bond acceptors (Lipinski definition) is 3. The van der Waals surface area contributed by atoms with Gasteiger partial charge in [0.05, 0.1) is 13.0 Å². The van der Waals surface area contributed by atoms with E-state index in [2.05, 4.69) is 5.32 Å². The number of para-hydroxylation sites is 1. The number of carboxylic acid groups (broad SMARTS) is 1. The molecule has 0 bridgehead atoms. The van der Waals surface area contributed by atoms with Crippen molar-refractivity contribution in [2.24, 2.45) is 0 Å². The first-order valence-electron chi connectivity index (χ1n) is 6.47. The minimum atomic E-state index is -0.847. The van der Waals surface area contributed by atoms with Crippen molar-refractivity contribution in [1.29, 1.82) is 0 Å². The van der Waals surface area contributed by atoms with E-state index in [-0.39, 0.29) is 24.9 Å². The number of anilines is 1. The summed E-state index contributed by atoms with van der Waals surface area (Å²) in [6.45, 7) is 0.868. The summed E-state index contributed by atoms with van der Waals surface area (Å²) in [5.41, 5.74) is 0.893. The highest BCUT2D eigenvalue weighted by atomic mass is 16.4. The molecular weight excluding hydrogens is 244 g/mol. The van der Waals surface area contributed by atoms with Crippen LogP contribution in [0.2, 0.25) is 0 Å². The average molecular weight is 262 g/mol. The molecule has 1 aromatic rings. The number of likely N-dealkylation sites (tertiary alicyclic amines) is 1. The van der Waals surface area contributed by atoms with Gasteiger partial charge in [0.2, 0.25) is 5.91 Å². The molecule has 1 amide bonds. The van der Waals surface area contributed by atoms with E-state index in [9.17, 15) is 9.59 Å². The predicted octanol–water partition coefficient (Wildman–Crippen LogP) is 1.56. The molecule has 1 aliphatic rings. The molecule has 19 heavy (non-hydrogen) atoms. The minimum absolute atomic E-state index is 0.0346. The highest BCUT2D eigenvalue weighted by molar-refractivity contribution is 5.82. The van der Waals surface area contributed by atoms with E-state index in [1.165, 1.54) is 0 Å². The Balaban J connectivity index is 1.87. The van der Waals surface area contributed by atoms with Crippen LogP contribution in [0.15, 0.2) is 30.3 Å². The number of nitrogens with one attached hydrogen (secondary N) is 1. The SMILES string of the molecule is O=C(O)CC1CCCN1C(=O)CNc1ccccc1. The Bertz CT molecular complexity index is 447. The van der Waals surface area contributed by atoms with Crippen LogP contribution in [0.5, 0.6) is 0 Å². The Morgan fingerprint density at radius 3 is 2.74 bits per heavy atom. The van der Waals surface area contributed by atoms with Crippen LogP contribution >= 0.6 is 0 Å². The standard InChI is InChI=1S/C14H18N2O3/c17-13(10-15-11-5-2-1-3-6-11)16-8-4-7-12(16)9-14(18)19/h1-3,5-6,12,15H,4,7-10H2,(H,18,19). The summed E-state index contributed by atoms with van der Waals surface area (Å²) in [5.74, 6) is -0.881. The van der Waals surface area contributed by atoms with E-state index in [0.717, 1.165) is 18.5 Å². The van der Waals surface area contributed by atoms with E-state index >= 15 is 0 Å². The number of hydrogen-bond donors (Lipinski definition) is 2. The number of carbonyl (C=O) groups is 2. The molecule has 1 unspecified atom stereocenters. The summed E-state index contributed by atoms with van der Waals surface area (Å²) in [6.07, 6.45) is 1.70. The topological polar surface area (TPSA) is 69.6 Å². The second-order valence-corrected chi connectivity index (χ2v) is 4.70. The van der Waals surface area contributed by atoms with Gasteiger partial charge in [0.15, 0.2) is 0 Å². The van der Waals surface area contributed by atoms with E-state index in [4.69, 9.17) is 5.11 Å². The zero-order chi connectivity index (χ0) is 13.7. The van der Waals surface area contributed by atoms with Gasteiger partial charge in [-0.25, -0.2) is 0 Å². The van der Waals surface area contributed by atoms with Crippen molar-refractivity contribution >= 4 is 17.6 Å². The van der Waals surface area contributed by atoms with Gasteiger partial charge in [-0.1, -0.05) is 18.2 Å². The summed E-state index contributed by atoms with van der Waals surface area (Å²) in [4.78, 5) is 24.5. The van der Waals surface area contributed by atoms with Crippen molar-refractivity contribution in [2.75, 3.05) is 18.4 Å². The smallest absolute Gasteiger partial charge is 0.305 e. The fraction of sp³-hybridized carbons (Fsp3) is 0.429.